The highest BCUT2D eigenvalue weighted by molar-refractivity contribution is 9.10. The normalized spacial score (nSPS) is 11.4. The van der Waals surface area contributed by atoms with Crippen LogP contribution in [0.4, 0.5) is 8.78 Å². The van der Waals surface area contributed by atoms with E-state index < -0.39 is 26.4 Å². The Hall–Kier alpha value is -1.54. The molecule has 4 nitrogen and oxygen atoms in total. The van der Waals surface area contributed by atoms with Gasteiger partial charge in [0.05, 0.1) is 5.69 Å². The lowest BCUT2D eigenvalue weighted by Crippen LogP contribution is -2.06. The van der Waals surface area contributed by atoms with Crippen LogP contribution in [0, 0.1) is 11.6 Å². The Labute approximate surface area is 128 Å². The predicted octanol–water partition coefficient (Wildman–Crippen LogP) is 3.10. The Morgan fingerprint density at radius 2 is 1.90 bits per heavy atom. The van der Waals surface area contributed by atoms with Crippen molar-refractivity contribution < 1.29 is 21.9 Å². The second-order valence-electron chi connectivity index (χ2n) is 4.22. The molecule has 0 atom stereocenters. The summed E-state index contributed by atoms with van der Waals surface area (Å²) < 4.78 is 55.9. The molecule has 2 rings (SSSR count). The number of hydrogen-bond donors (Lipinski definition) is 0. The molecule has 0 aliphatic heterocycles. The summed E-state index contributed by atoms with van der Waals surface area (Å²) in [5.41, 5.74) is 0.519. The van der Waals surface area contributed by atoms with E-state index in [1.807, 2.05) is 0 Å². The summed E-state index contributed by atoms with van der Waals surface area (Å²) >= 11 is 3.22. The van der Waals surface area contributed by atoms with E-state index in [-0.39, 0.29) is 12.4 Å². The molecule has 0 amide bonds. The molecular weight excluding hydrogens is 368 g/mol. The van der Waals surface area contributed by atoms with Gasteiger partial charge in [0.15, 0.2) is 21.4 Å². The van der Waals surface area contributed by atoms with Crippen LogP contribution < -0.4 is 4.74 Å². The molecule has 2 aromatic rings. The zero-order chi connectivity index (χ0) is 15.6. The lowest BCUT2D eigenvalue weighted by Gasteiger charge is -2.09. The molecule has 0 aliphatic rings. The lowest BCUT2D eigenvalue weighted by molar-refractivity contribution is 0.279. The van der Waals surface area contributed by atoms with Gasteiger partial charge in [-0.2, -0.15) is 4.39 Å². The maximum absolute atomic E-state index is 13.8. The molecule has 0 aliphatic carbocycles. The Balaban J connectivity index is 2.22. The van der Waals surface area contributed by atoms with E-state index in [0.717, 1.165) is 22.9 Å². The molecule has 8 heteroatoms. The fraction of sp³-hybridized carbons (Fsp3) is 0.154. The number of ether oxygens (including phenoxy) is 1. The van der Waals surface area contributed by atoms with Crippen molar-refractivity contribution in [3.8, 4) is 5.75 Å². The molecule has 0 saturated heterocycles. The Bertz CT molecular complexity index is 764. The lowest BCUT2D eigenvalue weighted by atomic mass is 10.3. The van der Waals surface area contributed by atoms with Crippen molar-refractivity contribution in [1.82, 2.24) is 4.98 Å². The molecule has 0 bridgehead atoms. The number of rotatable bonds is 4. The SMILES string of the molecule is CS(=O)(=O)c1ccc(OCc2ccc(Br)cn2)c(F)c1F. The number of hydrogen-bond acceptors (Lipinski definition) is 4. The Kier molecular flexibility index (Phi) is 4.58. The highest BCUT2D eigenvalue weighted by atomic mass is 79.9. The van der Waals surface area contributed by atoms with Gasteiger partial charge >= 0.3 is 0 Å². The first-order chi connectivity index (χ1) is 9.79. The number of pyridine rings is 1. The van der Waals surface area contributed by atoms with E-state index >= 15 is 0 Å². The van der Waals surface area contributed by atoms with Crippen molar-refractivity contribution in [3.63, 3.8) is 0 Å². The molecule has 1 aromatic heterocycles. The van der Waals surface area contributed by atoms with Crippen LogP contribution in [0.25, 0.3) is 0 Å². The van der Waals surface area contributed by atoms with Crippen LogP contribution in [0.5, 0.6) is 5.75 Å². The zero-order valence-electron chi connectivity index (χ0n) is 10.8. The second-order valence-corrected chi connectivity index (χ2v) is 7.12. The average molecular weight is 378 g/mol. The average Bonchev–Trinajstić information content (AvgIpc) is 2.41. The van der Waals surface area contributed by atoms with Crippen molar-refractivity contribution in [1.29, 1.82) is 0 Å². The fourth-order valence-electron chi connectivity index (χ4n) is 1.56. The smallest absolute Gasteiger partial charge is 0.201 e. The van der Waals surface area contributed by atoms with Gasteiger partial charge < -0.3 is 4.74 Å². The van der Waals surface area contributed by atoms with Crippen LogP contribution in [0.2, 0.25) is 0 Å². The molecule has 0 N–H and O–H groups in total. The van der Waals surface area contributed by atoms with Gasteiger partial charge in [0.1, 0.15) is 11.5 Å². The number of halogens is 3. The van der Waals surface area contributed by atoms with Gasteiger partial charge in [-0.25, -0.2) is 12.8 Å². The van der Waals surface area contributed by atoms with E-state index in [9.17, 15) is 17.2 Å². The summed E-state index contributed by atoms with van der Waals surface area (Å²) in [4.78, 5) is 3.32. The van der Waals surface area contributed by atoms with Gasteiger partial charge in [-0.15, -0.1) is 0 Å². The standard InChI is InChI=1S/C13H10BrF2NO3S/c1-21(18,19)11-5-4-10(12(15)13(11)16)20-7-9-3-2-8(14)6-17-9/h2-6H,7H2,1H3. The van der Waals surface area contributed by atoms with Crippen LogP contribution in [-0.2, 0) is 16.4 Å². The minimum atomic E-state index is -3.83. The molecular formula is C13H10BrF2NO3S. The highest BCUT2D eigenvalue weighted by Crippen LogP contribution is 2.26. The molecule has 1 aromatic carbocycles. The van der Waals surface area contributed by atoms with Crippen LogP contribution in [0.1, 0.15) is 5.69 Å². The van der Waals surface area contributed by atoms with E-state index in [4.69, 9.17) is 4.74 Å². The van der Waals surface area contributed by atoms with Crippen molar-refractivity contribution in [2.75, 3.05) is 6.26 Å². The summed E-state index contributed by atoms with van der Waals surface area (Å²) in [5, 5.41) is 0. The monoisotopic (exact) mass is 377 g/mol. The van der Waals surface area contributed by atoms with Gasteiger partial charge in [0.25, 0.3) is 0 Å². The zero-order valence-corrected chi connectivity index (χ0v) is 13.2. The minimum Gasteiger partial charge on any atom is -0.484 e. The summed E-state index contributed by atoms with van der Waals surface area (Å²) in [7, 11) is -3.83. The molecule has 0 unspecified atom stereocenters. The third-order valence-electron chi connectivity index (χ3n) is 2.58. The van der Waals surface area contributed by atoms with E-state index in [2.05, 4.69) is 20.9 Å². The maximum Gasteiger partial charge on any atom is 0.201 e. The van der Waals surface area contributed by atoms with Crippen LogP contribution >= 0.6 is 15.9 Å². The first-order valence-corrected chi connectivity index (χ1v) is 8.39. The third-order valence-corrected chi connectivity index (χ3v) is 4.16. The molecule has 0 saturated carbocycles. The molecule has 0 spiro atoms. The minimum absolute atomic E-state index is 0.0676. The first-order valence-electron chi connectivity index (χ1n) is 5.70. The van der Waals surface area contributed by atoms with Gasteiger partial charge in [-0.1, -0.05) is 0 Å². The van der Waals surface area contributed by atoms with Gasteiger partial charge in [0, 0.05) is 16.9 Å². The molecule has 0 radical (unpaired) electrons. The van der Waals surface area contributed by atoms with E-state index in [0.29, 0.717) is 5.69 Å². The quantitative estimate of drug-likeness (QED) is 0.821. The van der Waals surface area contributed by atoms with Crippen LogP contribution in [0.3, 0.4) is 0 Å². The largest absolute Gasteiger partial charge is 0.484 e. The molecule has 1 heterocycles. The Morgan fingerprint density at radius 3 is 2.48 bits per heavy atom. The number of nitrogens with zero attached hydrogens (tertiary/aromatic N) is 1. The summed E-state index contributed by atoms with van der Waals surface area (Å²) in [6.45, 7) is -0.0676. The van der Waals surface area contributed by atoms with Gasteiger partial charge in [-0.05, 0) is 40.2 Å². The topological polar surface area (TPSA) is 56.3 Å². The van der Waals surface area contributed by atoms with Crippen molar-refractivity contribution in [2.45, 2.75) is 11.5 Å². The highest BCUT2D eigenvalue weighted by Gasteiger charge is 2.20. The Morgan fingerprint density at radius 1 is 1.19 bits per heavy atom. The summed E-state index contributed by atoms with van der Waals surface area (Å²) in [6.07, 6.45) is 2.35. The fourth-order valence-corrected chi connectivity index (χ4v) is 2.52. The second kappa shape index (κ2) is 6.07. The first kappa shape index (κ1) is 15.8. The van der Waals surface area contributed by atoms with Crippen LogP contribution in [-0.4, -0.2) is 19.7 Å². The van der Waals surface area contributed by atoms with Gasteiger partial charge in [0.2, 0.25) is 5.82 Å². The third kappa shape index (κ3) is 3.76. The summed E-state index contributed by atoms with van der Waals surface area (Å²) in [6, 6.07) is 5.43. The van der Waals surface area contributed by atoms with Crippen molar-refractivity contribution in [2.24, 2.45) is 0 Å². The number of sulfone groups is 1. The molecule has 0 fully saturated rings. The van der Waals surface area contributed by atoms with E-state index in [1.54, 1.807) is 18.3 Å². The van der Waals surface area contributed by atoms with Gasteiger partial charge in [-0.3, -0.25) is 4.98 Å². The number of benzene rings is 1. The maximum atomic E-state index is 13.8. The molecule has 21 heavy (non-hydrogen) atoms. The number of aromatic nitrogens is 1. The molecule has 112 valence electrons. The summed E-state index contributed by atoms with van der Waals surface area (Å²) in [5.74, 6) is -3.15. The van der Waals surface area contributed by atoms with Crippen molar-refractivity contribution >= 4 is 25.8 Å². The van der Waals surface area contributed by atoms with Crippen LogP contribution in [0.15, 0.2) is 39.8 Å². The van der Waals surface area contributed by atoms with Crippen molar-refractivity contribution in [3.05, 3.63) is 52.3 Å². The van der Waals surface area contributed by atoms with E-state index in [1.165, 1.54) is 0 Å². The predicted molar refractivity (Wildman–Crippen MR) is 75.7 cm³/mol.